The summed E-state index contributed by atoms with van der Waals surface area (Å²) in [5.41, 5.74) is 3.13. The first kappa shape index (κ1) is 22.9. The number of nitrogens with one attached hydrogen (secondary N) is 3. The van der Waals surface area contributed by atoms with Gasteiger partial charge in [0.25, 0.3) is 0 Å². The Morgan fingerprint density at radius 2 is 1.86 bits per heavy atom. The lowest BCUT2D eigenvalue weighted by atomic mass is 9.99. The molecule has 0 unspecified atom stereocenters. The molecule has 0 amide bonds. The van der Waals surface area contributed by atoms with Gasteiger partial charge >= 0.3 is 0 Å². The molecule has 0 radical (unpaired) electrons. The molecule has 29 heavy (non-hydrogen) atoms. The molecule has 0 fully saturated rings. The molecule has 3 aromatic rings. The number of nitrogens with zero attached hydrogens (tertiary/aromatic N) is 3. The number of aromatic amines is 1. The van der Waals surface area contributed by atoms with Crippen molar-refractivity contribution in [3.05, 3.63) is 59.9 Å². The molecule has 2 heterocycles. The van der Waals surface area contributed by atoms with Crippen LogP contribution in [-0.2, 0) is 13.1 Å². The largest absolute Gasteiger partial charge is 0.359 e. The van der Waals surface area contributed by atoms with Crippen LogP contribution in [0.2, 0.25) is 0 Å². The standard InChI is InChI=1S/C21H28N6O.HI/c1-4-15(5-2)18-11-17(28-27-18)12-24-21(22-3)25-14-20-23-13-19(26-20)16-9-7-6-8-10-16;/h6-11,13,15H,4-5,12,14H2,1-3H3,(H,23,26)(H2,22,24,25);1H. The van der Waals surface area contributed by atoms with Crippen LogP contribution in [0.4, 0.5) is 0 Å². The van der Waals surface area contributed by atoms with Crippen molar-refractivity contribution in [1.29, 1.82) is 0 Å². The second kappa shape index (κ2) is 11.6. The Bertz CT molecular complexity index is 885. The van der Waals surface area contributed by atoms with Crippen LogP contribution in [0.3, 0.4) is 0 Å². The molecule has 0 atom stereocenters. The van der Waals surface area contributed by atoms with Crippen LogP contribution in [0.25, 0.3) is 11.3 Å². The summed E-state index contributed by atoms with van der Waals surface area (Å²) in [6.45, 7) is 5.41. The Morgan fingerprint density at radius 1 is 1.14 bits per heavy atom. The monoisotopic (exact) mass is 508 g/mol. The molecule has 0 saturated carbocycles. The maximum absolute atomic E-state index is 5.45. The van der Waals surface area contributed by atoms with Gasteiger partial charge in [0, 0.05) is 19.0 Å². The third-order valence-corrected chi connectivity index (χ3v) is 4.77. The van der Waals surface area contributed by atoms with E-state index in [1.165, 1.54) is 0 Å². The third kappa shape index (κ3) is 6.31. The van der Waals surface area contributed by atoms with Crippen LogP contribution in [0.5, 0.6) is 0 Å². The smallest absolute Gasteiger partial charge is 0.191 e. The molecule has 0 saturated heterocycles. The molecule has 8 heteroatoms. The summed E-state index contributed by atoms with van der Waals surface area (Å²) in [6.07, 6.45) is 3.97. The van der Waals surface area contributed by atoms with Crippen molar-refractivity contribution >= 4 is 29.9 Å². The summed E-state index contributed by atoms with van der Waals surface area (Å²) in [4.78, 5) is 12.0. The molecule has 0 bridgehead atoms. The Balaban J connectivity index is 0.00000300. The minimum Gasteiger partial charge on any atom is -0.359 e. The van der Waals surface area contributed by atoms with E-state index in [2.05, 4.69) is 56.7 Å². The highest BCUT2D eigenvalue weighted by atomic mass is 127. The number of rotatable bonds is 8. The number of halogens is 1. The molecular weight excluding hydrogens is 479 g/mol. The van der Waals surface area contributed by atoms with E-state index in [4.69, 9.17) is 4.52 Å². The minimum absolute atomic E-state index is 0. The van der Waals surface area contributed by atoms with Crippen LogP contribution in [-0.4, -0.2) is 28.1 Å². The van der Waals surface area contributed by atoms with Gasteiger partial charge in [-0.25, -0.2) is 4.98 Å². The zero-order valence-corrected chi connectivity index (χ0v) is 19.4. The van der Waals surface area contributed by atoms with E-state index in [-0.39, 0.29) is 24.0 Å². The number of aliphatic imine (C=N–C) groups is 1. The molecule has 0 aliphatic carbocycles. The maximum atomic E-state index is 5.45. The van der Waals surface area contributed by atoms with Gasteiger partial charge in [0.1, 0.15) is 5.82 Å². The van der Waals surface area contributed by atoms with Crippen molar-refractivity contribution in [2.75, 3.05) is 7.05 Å². The number of benzene rings is 1. The predicted octanol–water partition coefficient (Wildman–Crippen LogP) is 4.45. The fourth-order valence-electron chi connectivity index (χ4n) is 3.09. The van der Waals surface area contributed by atoms with Gasteiger partial charge in [-0.3, -0.25) is 4.99 Å². The van der Waals surface area contributed by atoms with Crippen LogP contribution >= 0.6 is 24.0 Å². The van der Waals surface area contributed by atoms with E-state index >= 15 is 0 Å². The summed E-state index contributed by atoms with van der Waals surface area (Å²) < 4.78 is 5.45. The van der Waals surface area contributed by atoms with Crippen molar-refractivity contribution in [1.82, 2.24) is 25.8 Å². The Hall–Kier alpha value is -2.36. The highest BCUT2D eigenvalue weighted by Crippen LogP contribution is 2.22. The lowest BCUT2D eigenvalue weighted by molar-refractivity contribution is 0.368. The lowest BCUT2D eigenvalue weighted by Gasteiger charge is -2.09. The van der Waals surface area contributed by atoms with Crippen molar-refractivity contribution in [3.63, 3.8) is 0 Å². The average Bonchev–Trinajstić information content (AvgIpc) is 3.40. The van der Waals surface area contributed by atoms with Gasteiger partial charge in [0.2, 0.25) is 0 Å². The molecule has 156 valence electrons. The second-order valence-corrected chi connectivity index (χ2v) is 6.62. The van der Waals surface area contributed by atoms with E-state index in [0.29, 0.717) is 25.0 Å². The first-order valence-corrected chi connectivity index (χ1v) is 9.72. The molecule has 2 aromatic heterocycles. The summed E-state index contributed by atoms with van der Waals surface area (Å²) in [5.74, 6) is 2.78. The highest BCUT2D eigenvalue weighted by molar-refractivity contribution is 14.0. The number of hydrogen-bond acceptors (Lipinski definition) is 4. The lowest BCUT2D eigenvalue weighted by Crippen LogP contribution is -2.36. The number of aromatic nitrogens is 3. The van der Waals surface area contributed by atoms with Crippen molar-refractivity contribution < 1.29 is 4.52 Å². The molecular formula is C21H29IN6O. The molecule has 0 aliphatic rings. The topological polar surface area (TPSA) is 91.1 Å². The van der Waals surface area contributed by atoms with Crippen LogP contribution in [0.15, 0.2) is 52.1 Å². The zero-order chi connectivity index (χ0) is 19.8. The average molecular weight is 508 g/mol. The summed E-state index contributed by atoms with van der Waals surface area (Å²) in [5, 5.41) is 10.7. The molecule has 3 rings (SSSR count). The fraction of sp³-hybridized carbons (Fsp3) is 0.381. The molecule has 1 aromatic carbocycles. The number of imidazole rings is 1. The van der Waals surface area contributed by atoms with E-state index in [1.54, 1.807) is 7.05 Å². The summed E-state index contributed by atoms with van der Waals surface area (Å²) >= 11 is 0. The Morgan fingerprint density at radius 3 is 2.55 bits per heavy atom. The van der Waals surface area contributed by atoms with E-state index in [9.17, 15) is 0 Å². The van der Waals surface area contributed by atoms with Gasteiger partial charge < -0.3 is 20.1 Å². The van der Waals surface area contributed by atoms with E-state index < -0.39 is 0 Å². The number of guanidine groups is 1. The maximum Gasteiger partial charge on any atom is 0.191 e. The van der Waals surface area contributed by atoms with Gasteiger partial charge in [0.15, 0.2) is 11.7 Å². The predicted molar refractivity (Wildman–Crippen MR) is 126 cm³/mol. The number of hydrogen-bond donors (Lipinski definition) is 3. The van der Waals surface area contributed by atoms with Crippen LogP contribution < -0.4 is 10.6 Å². The SMILES string of the molecule is CCC(CC)c1cc(CNC(=NC)NCc2ncc(-c3ccccc3)[nH]2)on1.I. The van der Waals surface area contributed by atoms with Gasteiger partial charge in [-0.15, -0.1) is 24.0 Å². The first-order chi connectivity index (χ1) is 13.7. The highest BCUT2D eigenvalue weighted by Gasteiger charge is 2.13. The van der Waals surface area contributed by atoms with Gasteiger partial charge in [-0.05, 0) is 18.4 Å². The molecule has 0 spiro atoms. The van der Waals surface area contributed by atoms with Gasteiger partial charge in [-0.1, -0.05) is 49.3 Å². The summed E-state index contributed by atoms with van der Waals surface area (Å²) in [6, 6.07) is 12.2. The van der Waals surface area contributed by atoms with E-state index in [0.717, 1.165) is 41.4 Å². The minimum atomic E-state index is 0. The Labute approximate surface area is 188 Å². The molecule has 3 N–H and O–H groups in total. The normalized spacial score (nSPS) is 11.4. The summed E-state index contributed by atoms with van der Waals surface area (Å²) in [7, 11) is 1.74. The fourth-order valence-corrected chi connectivity index (χ4v) is 3.09. The van der Waals surface area contributed by atoms with Crippen molar-refractivity contribution in [2.45, 2.75) is 45.7 Å². The van der Waals surface area contributed by atoms with E-state index in [1.807, 2.05) is 30.5 Å². The van der Waals surface area contributed by atoms with Gasteiger partial charge in [-0.2, -0.15) is 0 Å². The quantitative estimate of drug-likeness (QED) is 0.238. The van der Waals surface area contributed by atoms with Crippen molar-refractivity contribution in [3.8, 4) is 11.3 Å². The van der Waals surface area contributed by atoms with Crippen molar-refractivity contribution in [2.24, 2.45) is 4.99 Å². The Kier molecular flexibility index (Phi) is 9.17. The molecule has 0 aliphatic heterocycles. The van der Waals surface area contributed by atoms with Crippen LogP contribution in [0, 0.1) is 0 Å². The number of H-pyrrole nitrogens is 1. The first-order valence-electron chi connectivity index (χ1n) is 9.72. The second-order valence-electron chi connectivity index (χ2n) is 6.62. The molecule has 7 nitrogen and oxygen atoms in total. The third-order valence-electron chi connectivity index (χ3n) is 4.77. The zero-order valence-electron chi connectivity index (χ0n) is 17.1. The van der Waals surface area contributed by atoms with Gasteiger partial charge in [0.05, 0.1) is 30.7 Å². The van der Waals surface area contributed by atoms with Crippen LogP contribution in [0.1, 0.15) is 49.9 Å².